The van der Waals surface area contributed by atoms with Crippen LogP contribution in [0.3, 0.4) is 0 Å². The fraction of sp³-hybridized carbons (Fsp3) is 0.250. The molecule has 0 fully saturated rings. The summed E-state index contributed by atoms with van der Waals surface area (Å²) in [7, 11) is 2.22. The largest absolute Gasteiger partial charge is 0.336 e. The maximum Gasteiger partial charge on any atom is 0.157 e. The minimum Gasteiger partial charge on any atom is -0.336 e. The van der Waals surface area contributed by atoms with Gasteiger partial charge in [-0.3, -0.25) is 0 Å². The summed E-state index contributed by atoms with van der Waals surface area (Å²) in [5.74, 6) is 0.942. The van der Waals surface area contributed by atoms with Crippen LogP contribution in [0.25, 0.3) is 0 Å². The third-order valence-electron chi connectivity index (χ3n) is 11.1. The highest BCUT2D eigenvalue weighted by atomic mass is 15.5. The lowest BCUT2D eigenvalue weighted by atomic mass is 9.51. The molecule has 0 spiro atoms. The monoisotopic (exact) mass is 604 g/mol. The number of fused-ring (bicyclic) bond motifs is 6. The van der Waals surface area contributed by atoms with Crippen molar-refractivity contribution in [3.63, 3.8) is 0 Å². The molecule has 3 aliphatic rings. The molecule has 3 aliphatic heterocycles. The standard InChI is InChI=1S/C40H40N6/c1-6-39(7-2)30-21-13-15-23-32(30)46-34-25-17-16-24-33(34)44(29-19-10-9-11-20-29)38(46)40(39,8-3)37-43(5)36-35(26-41-27-42-36)45(37)31-22-14-12-18-28(31)4/h6,9-27,37-38H,1,7-8H2,2-5H3. The first kappa shape index (κ1) is 28.4. The Bertz CT molecular complexity index is 1940. The highest BCUT2D eigenvalue weighted by Gasteiger charge is 2.69. The Morgan fingerprint density at radius 1 is 0.696 bits per heavy atom. The number of hydrogen-bond donors (Lipinski definition) is 0. The topological polar surface area (TPSA) is 38.7 Å². The number of hydrogen-bond acceptors (Lipinski definition) is 6. The molecule has 8 rings (SSSR count). The zero-order chi connectivity index (χ0) is 31.6. The van der Waals surface area contributed by atoms with Crippen LogP contribution in [-0.4, -0.2) is 29.3 Å². The van der Waals surface area contributed by atoms with Gasteiger partial charge >= 0.3 is 0 Å². The van der Waals surface area contributed by atoms with Gasteiger partial charge in [0.1, 0.15) is 24.3 Å². The Hall–Kier alpha value is -5.10. The molecule has 4 aromatic carbocycles. The first-order valence-corrected chi connectivity index (χ1v) is 16.4. The second-order valence-electron chi connectivity index (χ2n) is 12.8. The minimum atomic E-state index is -0.454. The molecule has 4 atom stereocenters. The number of para-hydroxylation sites is 5. The molecular weight excluding hydrogens is 564 g/mol. The first-order chi connectivity index (χ1) is 22.5. The third-order valence-corrected chi connectivity index (χ3v) is 11.1. The quantitative estimate of drug-likeness (QED) is 0.180. The second kappa shape index (κ2) is 10.5. The number of allylic oxidation sites excluding steroid dienone is 1. The van der Waals surface area contributed by atoms with Gasteiger partial charge in [0.25, 0.3) is 0 Å². The van der Waals surface area contributed by atoms with E-state index < -0.39 is 10.8 Å². The Kier molecular flexibility index (Phi) is 6.47. The molecule has 230 valence electrons. The van der Waals surface area contributed by atoms with Crippen molar-refractivity contribution < 1.29 is 0 Å². The van der Waals surface area contributed by atoms with Gasteiger partial charge in [-0.2, -0.15) is 0 Å². The summed E-state index contributed by atoms with van der Waals surface area (Å²) in [5, 5.41) is 0. The highest BCUT2D eigenvalue weighted by molar-refractivity contribution is 5.92. The summed E-state index contributed by atoms with van der Waals surface area (Å²) in [5.41, 5.74) is 8.70. The van der Waals surface area contributed by atoms with Crippen molar-refractivity contribution >= 4 is 39.9 Å². The van der Waals surface area contributed by atoms with Crippen molar-refractivity contribution in [3.8, 4) is 0 Å². The minimum absolute atomic E-state index is 0.0913. The molecule has 0 saturated heterocycles. The van der Waals surface area contributed by atoms with E-state index in [1.807, 2.05) is 6.20 Å². The lowest BCUT2D eigenvalue weighted by molar-refractivity contribution is 0.0654. The van der Waals surface area contributed by atoms with Crippen LogP contribution in [0.1, 0.15) is 37.8 Å². The molecule has 6 nitrogen and oxygen atoms in total. The molecular formula is C40H40N6. The average molecular weight is 605 g/mol. The molecule has 4 heterocycles. The molecule has 1 aromatic heterocycles. The molecule has 0 N–H and O–H groups in total. The molecule has 0 bridgehead atoms. The maximum absolute atomic E-state index is 4.92. The first-order valence-electron chi connectivity index (χ1n) is 16.4. The summed E-state index contributed by atoms with van der Waals surface area (Å²) in [4.78, 5) is 19.7. The van der Waals surface area contributed by atoms with Crippen molar-refractivity contribution in [2.45, 2.75) is 51.4 Å². The van der Waals surface area contributed by atoms with Gasteiger partial charge in [0, 0.05) is 29.5 Å². The van der Waals surface area contributed by atoms with Crippen LogP contribution in [-0.2, 0) is 5.41 Å². The normalized spacial score (nSPS) is 24.3. The average Bonchev–Trinajstić information content (AvgIpc) is 3.61. The van der Waals surface area contributed by atoms with E-state index in [-0.39, 0.29) is 12.3 Å². The smallest absolute Gasteiger partial charge is 0.157 e. The predicted octanol–water partition coefficient (Wildman–Crippen LogP) is 9.26. The van der Waals surface area contributed by atoms with Gasteiger partial charge in [-0.25, -0.2) is 9.97 Å². The van der Waals surface area contributed by atoms with Crippen molar-refractivity contribution in [2.75, 3.05) is 26.6 Å². The van der Waals surface area contributed by atoms with Crippen LogP contribution in [0.15, 0.2) is 128 Å². The lowest BCUT2D eigenvalue weighted by Crippen LogP contribution is -2.72. The van der Waals surface area contributed by atoms with Crippen LogP contribution >= 0.6 is 0 Å². The Morgan fingerprint density at radius 3 is 1.98 bits per heavy atom. The van der Waals surface area contributed by atoms with E-state index in [9.17, 15) is 0 Å². The van der Waals surface area contributed by atoms with Gasteiger partial charge in [-0.05, 0) is 67.3 Å². The number of aromatic nitrogens is 2. The van der Waals surface area contributed by atoms with Gasteiger partial charge < -0.3 is 19.6 Å². The highest BCUT2D eigenvalue weighted by Crippen LogP contribution is 2.68. The van der Waals surface area contributed by atoms with Gasteiger partial charge in [0.05, 0.1) is 23.0 Å². The molecule has 4 unspecified atom stereocenters. The summed E-state index contributed by atoms with van der Waals surface area (Å²) >= 11 is 0. The van der Waals surface area contributed by atoms with Crippen LogP contribution in [0.5, 0.6) is 0 Å². The molecule has 6 heteroatoms. The molecule has 0 saturated carbocycles. The fourth-order valence-electron chi connectivity index (χ4n) is 9.24. The molecule has 0 amide bonds. The van der Waals surface area contributed by atoms with Gasteiger partial charge in [-0.1, -0.05) is 86.7 Å². The summed E-state index contributed by atoms with van der Waals surface area (Å²) in [6, 6.07) is 37.5. The van der Waals surface area contributed by atoms with Crippen molar-refractivity contribution in [2.24, 2.45) is 5.41 Å². The van der Waals surface area contributed by atoms with E-state index in [0.29, 0.717) is 0 Å². The number of aryl methyl sites for hydroxylation is 1. The van der Waals surface area contributed by atoms with Gasteiger partial charge in [-0.15, -0.1) is 6.58 Å². The van der Waals surface area contributed by atoms with E-state index in [4.69, 9.17) is 4.98 Å². The van der Waals surface area contributed by atoms with Crippen LogP contribution in [0, 0.1) is 12.3 Å². The summed E-state index contributed by atoms with van der Waals surface area (Å²) in [6.07, 6.45) is 7.48. The van der Waals surface area contributed by atoms with E-state index in [1.165, 1.54) is 39.6 Å². The van der Waals surface area contributed by atoms with Crippen LogP contribution < -0.4 is 19.6 Å². The Balaban J connectivity index is 1.52. The number of anilines is 7. The van der Waals surface area contributed by atoms with Crippen molar-refractivity contribution in [3.05, 3.63) is 139 Å². The van der Waals surface area contributed by atoms with E-state index in [0.717, 1.165) is 24.3 Å². The van der Waals surface area contributed by atoms with Crippen LogP contribution in [0.4, 0.5) is 39.9 Å². The number of rotatable bonds is 6. The zero-order valence-corrected chi connectivity index (χ0v) is 27.0. The van der Waals surface area contributed by atoms with E-state index in [2.05, 4.69) is 168 Å². The lowest BCUT2D eigenvalue weighted by Gasteiger charge is -2.64. The molecule has 46 heavy (non-hydrogen) atoms. The Labute approximate surface area is 272 Å². The SMILES string of the molecule is C=CC1(CC)c2ccccc2N2c3ccccc3N(c3ccccc3)C2C1(CC)C1N(C)c2ncncc2N1c1ccccc1C. The molecule has 0 radical (unpaired) electrons. The zero-order valence-electron chi connectivity index (χ0n) is 27.0. The third kappa shape index (κ3) is 3.47. The molecule has 5 aromatic rings. The Morgan fingerprint density at radius 2 is 1.30 bits per heavy atom. The summed E-state index contributed by atoms with van der Waals surface area (Å²) < 4.78 is 0. The van der Waals surface area contributed by atoms with E-state index >= 15 is 0 Å². The maximum atomic E-state index is 4.92. The second-order valence-corrected chi connectivity index (χ2v) is 12.8. The number of nitrogens with zero attached hydrogens (tertiary/aromatic N) is 6. The van der Waals surface area contributed by atoms with Crippen molar-refractivity contribution in [1.29, 1.82) is 0 Å². The van der Waals surface area contributed by atoms with E-state index in [1.54, 1.807) is 6.33 Å². The predicted molar refractivity (Wildman–Crippen MR) is 190 cm³/mol. The number of benzene rings is 4. The van der Waals surface area contributed by atoms with Gasteiger partial charge in [0.15, 0.2) is 5.82 Å². The summed E-state index contributed by atoms with van der Waals surface area (Å²) in [6.45, 7) is 11.6. The fourth-order valence-corrected chi connectivity index (χ4v) is 9.24. The van der Waals surface area contributed by atoms with Crippen LogP contribution in [0.2, 0.25) is 0 Å². The van der Waals surface area contributed by atoms with Crippen molar-refractivity contribution in [1.82, 2.24) is 9.97 Å². The van der Waals surface area contributed by atoms with Gasteiger partial charge in [0.2, 0.25) is 0 Å². The molecule has 0 aliphatic carbocycles.